The van der Waals surface area contributed by atoms with Crippen molar-refractivity contribution in [3.05, 3.63) is 28.2 Å². The van der Waals surface area contributed by atoms with Crippen molar-refractivity contribution in [1.82, 2.24) is 4.72 Å². The number of benzene rings is 1. The molecule has 0 atom stereocenters. The second-order valence-electron chi connectivity index (χ2n) is 3.96. The molecule has 4 nitrogen and oxygen atoms in total. The summed E-state index contributed by atoms with van der Waals surface area (Å²) in [5.74, 6) is 0. The van der Waals surface area contributed by atoms with Gasteiger partial charge in [-0.1, -0.05) is 15.9 Å². The van der Waals surface area contributed by atoms with E-state index in [2.05, 4.69) is 25.4 Å². The maximum Gasteiger partial charge on any atom is 0.299 e. The van der Waals surface area contributed by atoms with Gasteiger partial charge in [0, 0.05) is 10.5 Å². The van der Waals surface area contributed by atoms with E-state index in [1.54, 1.807) is 12.1 Å². The van der Waals surface area contributed by atoms with Crippen LogP contribution < -0.4 is 9.44 Å². The monoisotopic (exact) mass is 304 g/mol. The van der Waals surface area contributed by atoms with Crippen LogP contribution in [0.1, 0.15) is 18.4 Å². The summed E-state index contributed by atoms with van der Waals surface area (Å²) in [7, 11) is -3.42. The van der Waals surface area contributed by atoms with E-state index >= 15 is 0 Å². The minimum absolute atomic E-state index is 0.119. The van der Waals surface area contributed by atoms with Gasteiger partial charge in [-0.25, -0.2) is 0 Å². The van der Waals surface area contributed by atoms with E-state index in [0.717, 1.165) is 22.9 Å². The van der Waals surface area contributed by atoms with Crippen LogP contribution in [-0.4, -0.2) is 14.5 Å². The minimum Gasteiger partial charge on any atom is -0.271 e. The van der Waals surface area contributed by atoms with Crippen LogP contribution in [0.5, 0.6) is 0 Å². The van der Waals surface area contributed by atoms with Crippen molar-refractivity contribution in [2.45, 2.75) is 25.8 Å². The van der Waals surface area contributed by atoms with E-state index in [1.165, 1.54) is 0 Å². The van der Waals surface area contributed by atoms with Crippen LogP contribution in [0, 0.1) is 6.92 Å². The van der Waals surface area contributed by atoms with Crippen LogP contribution in [0.3, 0.4) is 0 Å². The van der Waals surface area contributed by atoms with Gasteiger partial charge < -0.3 is 0 Å². The van der Waals surface area contributed by atoms with Crippen LogP contribution in [0.4, 0.5) is 5.69 Å². The number of nitrogens with one attached hydrogen (secondary N) is 2. The summed E-state index contributed by atoms with van der Waals surface area (Å²) < 4.78 is 29.2. The third-order valence-corrected chi connectivity index (χ3v) is 4.35. The fraction of sp³-hybridized carbons (Fsp3) is 0.400. The van der Waals surface area contributed by atoms with Gasteiger partial charge in [-0.15, -0.1) is 0 Å². The Labute approximate surface area is 104 Å². The van der Waals surface area contributed by atoms with Gasteiger partial charge in [0.15, 0.2) is 0 Å². The fourth-order valence-electron chi connectivity index (χ4n) is 1.31. The Morgan fingerprint density at radius 1 is 1.38 bits per heavy atom. The predicted molar refractivity (Wildman–Crippen MR) is 67.6 cm³/mol. The molecule has 0 radical (unpaired) electrons. The second-order valence-corrected chi connectivity index (χ2v) is 6.26. The maximum absolute atomic E-state index is 11.6. The molecule has 0 bridgehead atoms. The molecule has 0 amide bonds. The number of halogens is 1. The normalized spacial score (nSPS) is 16.1. The number of anilines is 1. The highest BCUT2D eigenvalue weighted by Crippen LogP contribution is 2.22. The zero-order valence-electron chi connectivity index (χ0n) is 8.83. The maximum atomic E-state index is 11.6. The summed E-state index contributed by atoms with van der Waals surface area (Å²) in [6.07, 6.45) is 1.86. The molecule has 1 aromatic carbocycles. The van der Waals surface area contributed by atoms with Gasteiger partial charge in [0.05, 0.1) is 5.69 Å². The van der Waals surface area contributed by atoms with E-state index in [0.29, 0.717) is 5.69 Å². The third-order valence-electron chi connectivity index (χ3n) is 2.31. The smallest absolute Gasteiger partial charge is 0.271 e. The lowest BCUT2D eigenvalue weighted by Crippen LogP contribution is -2.31. The summed E-state index contributed by atoms with van der Waals surface area (Å²) in [5.41, 5.74) is 1.57. The summed E-state index contributed by atoms with van der Waals surface area (Å²) in [5, 5.41) is 0. The average Bonchev–Trinajstić information content (AvgIpc) is 2.94. The molecule has 0 spiro atoms. The highest BCUT2D eigenvalue weighted by atomic mass is 79.9. The van der Waals surface area contributed by atoms with Crippen molar-refractivity contribution >= 4 is 31.8 Å². The molecule has 0 heterocycles. The Bertz CT molecular complexity index is 498. The highest BCUT2D eigenvalue weighted by molar-refractivity contribution is 9.10. The molecule has 0 unspecified atom stereocenters. The first kappa shape index (κ1) is 11.9. The van der Waals surface area contributed by atoms with Crippen molar-refractivity contribution in [2.24, 2.45) is 0 Å². The van der Waals surface area contributed by atoms with Crippen LogP contribution in [0.15, 0.2) is 22.7 Å². The zero-order valence-corrected chi connectivity index (χ0v) is 11.2. The summed E-state index contributed by atoms with van der Waals surface area (Å²) in [6.45, 7) is 1.91. The quantitative estimate of drug-likeness (QED) is 0.895. The molecule has 1 aromatic rings. The van der Waals surface area contributed by atoms with Crippen molar-refractivity contribution in [2.75, 3.05) is 4.72 Å². The Kier molecular flexibility index (Phi) is 3.23. The van der Waals surface area contributed by atoms with E-state index in [4.69, 9.17) is 0 Å². The molecule has 0 aromatic heterocycles. The molecule has 2 rings (SSSR count). The minimum atomic E-state index is -3.42. The van der Waals surface area contributed by atoms with E-state index in [-0.39, 0.29) is 6.04 Å². The molecule has 6 heteroatoms. The van der Waals surface area contributed by atoms with Crippen LogP contribution in [0.2, 0.25) is 0 Å². The Hall–Kier alpha value is -0.590. The van der Waals surface area contributed by atoms with Gasteiger partial charge in [-0.05, 0) is 43.5 Å². The van der Waals surface area contributed by atoms with Gasteiger partial charge in [-0.3, -0.25) is 4.72 Å². The summed E-state index contributed by atoms with van der Waals surface area (Å²) in [4.78, 5) is 0. The van der Waals surface area contributed by atoms with Gasteiger partial charge in [0.2, 0.25) is 0 Å². The lowest BCUT2D eigenvalue weighted by atomic mass is 10.2. The van der Waals surface area contributed by atoms with Crippen molar-refractivity contribution in [1.29, 1.82) is 0 Å². The third kappa shape index (κ3) is 3.20. The van der Waals surface area contributed by atoms with Gasteiger partial charge in [-0.2, -0.15) is 13.1 Å². The molecule has 1 aliphatic rings. The molecule has 0 aliphatic heterocycles. The number of aryl methyl sites for hydroxylation is 1. The molecule has 1 aliphatic carbocycles. The molecule has 2 N–H and O–H groups in total. The van der Waals surface area contributed by atoms with Gasteiger partial charge >= 0.3 is 0 Å². The lowest BCUT2D eigenvalue weighted by Gasteiger charge is -2.09. The number of hydrogen-bond acceptors (Lipinski definition) is 2. The zero-order chi connectivity index (χ0) is 11.8. The van der Waals surface area contributed by atoms with Crippen molar-refractivity contribution < 1.29 is 8.42 Å². The molecular weight excluding hydrogens is 292 g/mol. The predicted octanol–water partition coefficient (Wildman–Crippen LogP) is 2.17. The first-order chi connectivity index (χ1) is 7.46. The van der Waals surface area contributed by atoms with E-state index in [9.17, 15) is 8.42 Å². The Morgan fingerprint density at radius 3 is 2.62 bits per heavy atom. The number of hydrogen-bond donors (Lipinski definition) is 2. The van der Waals surface area contributed by atoms with Gasteiger partial charge in [0.25, 0.3) is 10.2 Å². The van der Waals surface area contributed by atoms with Crippen molar-refractivity contribution in [3.63, 3.8) is 0 Å². The van der Waals surface area contributed by atoms with Crippen LogP contribution in [-0.2, 0) is 10.2 Å². The average molecular weight is 305 g/mol. The fourth-order valence-corrected chi connectivity index (χ4v) is 2.73. The molecular formula is C10H13BrN2O2S. The topological polar surface area (TPSA) is 58.2 Å². The van der Waals surface area contributed by atoms with Gasteiger partial charge in [0.1, 0.15) is 0 Å². The van der Waals surface area contributed by atoms with Crippen molar-refractivity contribution in [3.8, 4) is 0 Å². The lowest BCUT2D eigenvalue weighted by molar-refractivity contribution is 0.586. The summed E-state index contributed by atoms with van der Waals surface area (Å²) >= 11 is 3.37. The molecule has 88 valence electrons. The Morgan fingerprint density at radius 2 is 2.06 bits per heavy atom. The van der Waals surface area contributed by atoms with Crippen LogP contribution in [0.25, 0.3) is 0 Å². The first-order valence-electron chi connectivity index (χ1n) is 5.02. The molecule has 0 saturated heterocycles. The summed E-state index contributed by atoms with van der Waals surface area (Å²) in [6, 6.07) is 5.46. The van der Waals surface area contributed by atoms with Crippen LogP contribution >= 0.6 is 15.9 Å². The van der Waals surface area contributed by atoms with E-state index < -0.39 is 10.2 Å². The first-order valence-corrected chi connectivity index (χ1v) is 7.30. The molecule has 1 saturated carbocycles. The second kappa shape index (κ2) is 4.35. The SMILES string of the molecule is Cc1cc(NS(=O)(=O)NC2CC2)ccc1Br. The largest absolute Gasteiger partial charge is 0.299 e. The standard InChI is InChI=1S/C10H13BrN2O2S/c1-7-6-9(4-5-10(7)11)13-16(14,15)12-8-2-3-8/h4-6,8,12-13H,2-3H2,1H3. The Balaban J connectivity index is 2.10. The van der Waals surface area contributed by atoms with E-state index in [1.807, 2.05) is 13.0 Å². The number of rotatable bonds is 4. The highest BCUT2D eigenvalue weighted by Gasteiger charge is 2.26. The molecule has 1 fully saturated rings. The molecule has 16 heavy (non-hydrogen) atoms.